The van der Waals surface area contributed by atoms with Crippen LogP contribution in [0.25, 0.3) is 0 Å². The zero-order chi connectivity index (χ0) is 9.10. The summed E-state index contributed by atoms with van der Waals surface area (Å²) in [5.41, 5.74) is 0. The molecular formula is C11H17NO. The number of hydrogen-bond acceptors (Lipinski definition) is 2. The second kappa shape index (κ2) is 4.07. The van der Waals surface area contributed by atoms with Gasteiger partial charge in [0.1, 0.15) is 0 Å². The molecule has 0 spiro atoms. The Hall–Kier alpha value is -0.600. The lowest BCUT2D eigenvalue weighted by molar-refractivity contribution is -0.0228. The summed E-state index contributed by atoms with van der Waals surface area (Å²) in [6, 6.07) is 0.481. The van der Waals surface area contributed by atoms with Crippen molar-refractivity contribution in [1.82, 2.24) is 5.32 Å². The molecule has 1 N–H and O–H groups in total. The van der Waals surface area contributed by atoms with Gasteiger partial charge in [-0.05, 0) is 13.3 Å². The Bertz CT molecular complexity index is 222. The molecule has 0 aromatic carbocycles. The predicted octanol–water partition coefficient (Wildman–Crippen LogP) is 1.50. The van der Waals surface area contributed by atoms with Crippen LogP contribution >= 0.6 is 0 Å². The molecule has 1 fully saturated rings. The molecule has 1 unspecified atom stereocenters. The lowest BCUT2D eigenvalue weighted by atomic mass is 9.90. The van der Waals surface area contributed by atoms with Gasteiger partial charge < -0.3 is 10.1 Å². The molecule has 2 heteroatoms. The number of hydrogen-bond donors (Lipinski definition) is 1. The molecule has 2 nitrogen and oxygen atoms in total. The van der Waals surface area contributed by atoms with Gasteiger partial charge in [-0.15, -0.1) is 0 Å². The van der Waals surface area contributed by atoms with Crippen molar-refractivity contribution in [2.24, 2.45) is 5.92 Å². The normalized spacial score (nSPS) is 39.3. The standard InChI is InChI=1S/C11H17NO/c1-9-11(13-8-7-12-9)10-5-3-2-4-6-10/h2-5,9-12H,6-8H2,1H3/t9-,10?,11-/m1/s1. The summed E-state index contributed by atoms with van der Waals surface area (Å²) in [7, 11) is 0. The van der Waals surface area contributed by atoms with E-state index in [1.54, 1.807) is 0 Å². The smallest absolute Gasteiger partial charge is 0.0791 e. The van der Waals surface area contributed by atoms with Gasteiger partial charge in [0.25, 0.3) is 0 Å². The fourth-order valence-corrected chi connectivity index (χ4v) is 2.08. The van der Waals surface area contributed by atoms with Gasteiger partial charge in [-0.3, -0.25) is 0 Å². The van der Waals surface area contributed by atoms with E-state index in [9.17, 15) is 0 Å². The van der Waals surface area contributed by atoms with Gasteiger partial charge in [-0.25, -0.2) is 0 Å². The number of rotatable bonds is 1. The highest BCUT2D eigenvalue weighted by Gasteiger charge is 2.27. The van der Waals surface area contributed by atoms with Crippen LogP contribution in [0.3, 0.4) is 0 Å². The van der Waals surface area contributed by atoms with Crippen LogP contribution in [0.2, 0.25) is 0 Å². The maximum atomic E-state index is 5.78. The van der Waals surface area contributed by atoms with E-state index in [2.05, 4.69) is 36.5 Å². The molecule has 72 valence electrons. The van der Waals surface area contributed by atoms with E-state index in [0.717, 1.165) is 19.6 Å². The van der Waals surface area contributed by atoms with Crippen molar-refractivity contribution < 1.29 is 4.74 Å². The molecular weight excluding hydrogens is 162 g/mol. The molecule has 0 aromatic rings. The number of nitrogens with one attached hydrogen (secondary N) is 1. The highest BCUT2D eigenvalue weighted by atomic mass is 16.5. The zero-order valence-electron chi connectivity index (χ0n) is 8.07. The second-order valence-corrected chi connectivity index (χ2v) is 3.79. The molecule has 0 radical (unpaired) electrons. The van der Waals surface area contributed by atoms with Crippen molar-refractivity contribution >= 4 is 0 Å². The first-order valence-corrected chi connectivity index (χ1v) is 5.06. The third-order valence-electron chi connectivity index (χ3n) is 2.81. The largest absolute Gasteiger partial charge is 0.375 e. The van der Waals surface area contributed by atoms with Gasteiger partial charge in [0.15, 0.2) is 0 Å². The average molecular weight is 179 g/mol. The molecule has 0 aromatic heterocycles. The van der Waals surface area contributed by atoms with Crippen LogP contribution in [-0.2, 0) is 4.74 Å². The molecule has 1 saturated heterocycles. The fourth-order valence-electron chi connectivity index (χ4n) is 2.08. The van der Waals surface area contributed by atoms with Gasteiger partial charge in [0.2, 0.25) is 0 Å². The average Bonchev–Trinajstić information content (AvgIpc) is 2.20. The first-order chi connectivity index (χ1) is 6.38. The summed E-state index contributed by atoms with van der Waals surface area (Å²) in [6.07, 6.45) is 10.2. The van der Waals surface area contributed by atoms with Gasteiger partial charge >= 0.3 is 0 Å². The molecule has 0 amide bonds. The van der Waals surface area contributed by atoms with Crippen molar-refractivity contribution in [1.29, 1.82) is 0 Å². The van der Waals surface area contributed by atoms with Gasteiger partial charge in [-0.1, -0.05) is 24.3 Å². The van der Waals surface area contributed by atoms with Crippen LogP contribution in [0.5, 0.6) is 0 Å². The third kappa shape index (κ3) is 2.01. The van der Waals surface area contributed by atoms with Crippen molar-refractivity contribution in [3.63, 3.8) is 0 Å². The Morgan fingerprint density at radius 2 is 2.31 bits per heavy atom. The van der Waals surface area contributed by atoms with Crippen molar-refractivity contribution in [2.45, 2.75) is 25.5 Å². The fraction of sp³-hybridized carbons (Fsp3) is 0.636. The van der Waals surface area contributed by atoms with Crippen LogP contribution < -0.4 is 5.32 Å². The highest BCUT2D eigenvalue weighted by Crippen LogP contribution is 2.22. The molecule has 0 saturated carbocycles. The van der Waals surface area contributed by atoms with Gasteiger partial charge in [0.05, 0.1) is 12.7 Å². The Morgan fingerprint density at radius 3 is 3.00 bits per heavy atom. The van der Waals surface area contributed by atoms with Crippen LogP contribution in [0, 0.1) is 5.92 Å². The summed E-state index contributed by atoms with van der Waals surface area (Å²) in [5.74, 6) is 0.563. The summed E-state index contributed by atoms with van der Waals surface area (Å²) in [5, 5.41) is 3.45. The van der Waals surface area contributed by atoms with Gasteiger partial charge in [-0.2, -0.15) is 0 Å². The Morgan fingerprint density at radius 1 is 1.38 bits per heavy atom. The first-order valence-electron chi connectivity index (χ1n) is 5.06. The Kier molecular flexibility index (Phi) is 2.81. The summed E-state index contributed by atoms with van der Waals surface area (Å²) < 4.78 is 5.78. The van der Waals surface area contributed by atoms with E-state index in [1.807, 2.05) is 0 Å². The minimum atomic E-state index is 0.356. The molecule has 2 rings (SSSR count). The molecule has 2 aliphatic rings. The molecule has 1 heterocycles. The van der Waals surface area contributed by atoms with E-state index in [1.165, 1.54) is 0 Å². The van der Waals surface area contributed by atoms with Crippen LogP contribution in [-0.4, -0.2) is 25.3 Å². The van der Waals surface area contributed by atoms with Crippen LogP contribution in [0.1, 0.15) is 13.3 Å². The number of ether oxygens (including phenoxy) is 1. The van der Waals surface area contributed by atoms with Gasteiger partial charge in [0, 0.05) is 18.5 Å². The monoisotopic (exact) mass is 179 g/mol. The predicted molar refractivity (Wildman–Crippen MR) is 53.6 cm³/mol. The third-order valence-corrected chi connectivity index (χ3v) is 2.81. The quantitative estimate of drug-likeness (QED) is 0.658. The lowest BCUT2D eigenvalue weighted by Gasteiger charge is -2.35. The highest BCUT2D eigenvalue weighted by molar-refractivity contribution is 5.13. The zero-order valence-corrected chi connectivity index (χ0v) is 8.07. The van der Waals surface area contributed by atoms with E-state index in [-0.39, 0.29) is 0 Å². The van der Waals surface area contributed by atoms with E-state index >= 15 is 0 Å². The number of allylic oxidation sites excluding steroid dienone is 3. The summed E-state index contributed by atoms with van der Waals surface area (Å²) in [4.78, 5) is 0. The second-order valence-electron chi connectivity index (χ2n) is 3.79. The topological polar surface area (TPSA) is 21.3 Å². The number of morpholine rings is 1. The Balaban J connectivity index is 1.98. The van der Waals surface area contributed by atoms with E-state index in [4.69, 9.17) is 4.74 Å². The summed E-state index contributed by atoms with van der Waals surface area (Å²) >= 11 is 0. The van der Waals surface area contributed by atoms with E-state index < -0.39 is 0 Å². The molecule has 1 aliphatic carbocycles. The molecule has 13 heavy (non-hydrogen) atoms. The maximum Gasteiger partial charge on any atom is 0.0791 e. The first kappa shape index (κ1) is 8.97. The minimum absolute atomic E-state index is 0.356. The van der Waals surface area contributed by atoms with Crippen molar-refractivity contribution in [3.05, 3.63) is 24.3 Å². The minimum Gasteiger partial charge on any atom is -0.375 e. The summed E-state index contributed by atoms with van der Waals surface area (Å²) in [6.45, 7) is 4.04. The lowest BCUT2D eigenvalue weighted by Crippen LogP contribution is -2.49. The SMILES string of the molecule is C[C@H]1NCCO[C@H]1C1C=CC=CC1. The molecule has 0 bridgehead atoms. The van der Waals surface area contributed by atoms with Crippen LogP contribution in [0.15, 0.2) is 24.3 Å². The van der Waals surface area contributed by atoms with Crippen molar-refractivity contribution in [2.75, 3.05) is 13.2 Å². The molecule has 1 aliphatic heterocycles. The van der Waals surface area contributed by atoms with Crippen LogP contribution in [0.4, 0.5) is 0 Å². The maximum absolute atomic E-state index is 5.78. The van der Waals surface area contributed by atoms with E-state index in [0.29, 0.717) is 18.1 Å². The van der Waals surface area contributed by atoms with Crippen molar-refractivity contribution in [3.8, 4) is 0 Å². The molecule has 3 atom stereocenters. The Labute approximate surface area is 79.7 Å².